The fraction of sp³-hybridized carbons (Fsp3) is 0.300. The third-order valence-corrected chi connectivity index (χ3v) is 5.28. The standard InChI is InChI=1S/C20H22N2O3S/c1-5-15-18(19(23)24)22-17(16(6-2)26-20(22)21-15)13-7-9-14(10-8-13)25-11-12(3)4/h7-10H,3,5-6,11H2,1-2,4H3,(H,23,24). The number of imidazole rings is 1. The number of benzene rings is 1. The van der Waals surface area contributed by atoms with E-state index in [4.69, 9.17) is 4.74 Å². The molecule has 1 N–H and O–H groups in total. The number of thiazole rings is 1. The summed E-state index contributed by atoms with van der Waals surface area (Å²) in [7, 11) is 0. The van der Waals surface area contributed by atoms with Crippen molar-refractivity contribution < 1.29 is 14.6 Å². The predicted octanol–water partition coefficient (Wildman–Crippen LogP) is 4.84. The molecule has 2 heterocycles. The van der Waals surface area contributed by atoms with E-state index < -0.39 is 5.97 Å². The lowest BCUT2D eigenvalue weighted by Crippen LogP contribution is -2.06. The maximum Gasteiger partial charge on any atom is 0.354 e. The fourth-order valence-electron chi connectivity index (χ4n) is 2.91. The largest absolute Gasteiger partial charge is 0.489 e. The van der Waals surface area contributed by atoms with Crippen LogP contribution in [0.2, 0.25) is 0 Å². The molecule has 0 aliphatic rings. The number of nitrogens with zero attached hydrogens (tertiary/aromatic N) is 2. The molecule has 0 radical (unpaired) electrons. The lowest BCUT2D eigenvalue weighted by atomic mass is 10.1. The highest BCUT2D eigenvalue weighted by Crippen LogP contribution is 2.35. The van der Waals surface area contributed by atoms with Gasteiger partial charge in [-0.2, -0.15) is 0 Å². The zero-order valence-electron chi connectivity index (χ0n) is 15.2. The van der Waals surface area contributed by atoms with Gasteiger partial charge in [0.2, 0.25) is 0 Å². The summed E-state index contributed by atoms with van der Waals surface area (Å²) in [6, 6.07) is 7.73. The molecule has 3 aromatic rings. The van der Waals surface area contributed by atoms with Gasteiger partial charge in [0.1, 0.15) is 12.4 Å². The molecule has 3 rings (SSSR count). The number of fused-ring (bicyclic) bond motifs is 1. The van der Waals surface area contributed by atoms with Crippen molar-refractivity contribution in [3.63, 3.8) is 0 Å². The third kappa shape index (κ3) is 3.24. The van der Waals surface area contributed by atoms with Gasteiger partial charge < -0.3 is 9.84 Å². The Bertz CT molecular complexity index is 967. The Balaban J connectivity index is 2.12. The van der Waals surface area contributed by atoms with Crippen LogP contribution in [0.4, 0.5) is 0 Å². The van der Waals surface area contributed by atoms with Crippen molar-refractivity contribution in [3.05, 3.63) is 52.7 Å². The van der Waals surface area contributed by atoms with Crippen molar-refractivity contribution in [3.8, 4) is 17.0 Å². The Morgan fingerprint density at radius 2 is 1.96 bits per heavy atom. The molecule has 0 saturated carbocycles. The van der Waals surface area contributed by atoms with Gasteiger partial charge in [0.25, 0.3) is 0 Å². The van der Waals surface area contributed by atoms with Gasteiger partial charge >= 0.3 is 5.97 Å². The first kappa shape index (κ1) is 18.2. The molecule has 5 nitrogen and oxygen atoms in total. The van der Waals surface area contributed by atoms with Crippen LogP contribution >= 0.6 is 11.3 Å². The number of ether oxygens (including phenoxy) is 1. The second-order valence-corrected chi connectivity index (χ2v) is 7.24. The summed E-state index contributed by atoms with van der Waals surface area (Å²) in [6.07, 6.45) is 1.41. The number of carboxylic acid groups (broad SMARTS) is 1. The second kappa shape index (κ2) is 7.33. The lowest BCUT2D eigenvalue weighted by molar-refractivity contribution is 0.0688. The van der Waals surface area contributed by atoms with Crippen molar-refractivity contribution in [1.82, 2.24) is 9.38 Å². The number of hydrogen-bond acceptors (Lipinski definition) is 4. The van der Waals surface area contributed by atoms with Crippen LogP contribution in [0.1, 0.15) is 41.8 Å². The summed E-state index contributed by atoms with van der Waals surface area (Å²) in [4.78, 5) is 18.2. The molecule has 1 aromatic carbocycles. The van der Waals surface area contributed by atoms with Crippen molar-refractivity contribution in [2.45, 2.75) is 33.6 Å². The molecule has 0 unspecified atom stereocenters. The molecule has 0 atom stereocenters. The van der Waals surface area contributed by atoms with Crippen molar-refractivity contribution in [2.75, 3.05) is 6.61 Å². The minimum atomic E-state index is -0.947. The highest BCUT2D eigenvalue weighted by Gasteiger charge is 2.24. The van der Waals surface area contributed by atoms with Gasteiger partial charge in [-0.3, -0.25) is 4.40 Å². The molecule has 136 valence electrons. The van der Waals surface area contributed by atoms with Gasteiger partial charge in [0.05, 0.1) is 11.4 Å². The summed E-state index contributed by atoms with van der Waals surface area (Å²) in [5, 5.41) is 9.72. The normalized spacial score (nSPS) is 11.0. The molecular formula is C20H22N2O3S. The quantitative estimate of drug-likeness (QED) is 0.604. The van der Waals surface area contributed by atoms with Crippen molar-refractivity contribution in [2.24, 2.45) is 0 Å². The Morgan fingerprint density at radius 3 is 2.50 bits per heavy atom. The molecule has 0 aliphatic carbocycles. The smallest absolute Gasteiger partial charge is 0.354 e. The first-order valence-corrected chi connectivity index (χ1v) is 9.41. The lowest BCUT2D eigenvalue weighted by Gasteiger charge is -2.09. The fourth-order valence-corrected chi connectivity index (χ4v) is 4.01. The van der Waals surface area contributed by atoms with Crippen LogP contribution in [0.5, 0.6) is 5.75 Å². The van der Waals surface area contributed by atoms with Crippen LogP contribution in [0.3, 0.4) is 0 Å². The summed E-state index contributed by atoms with van der Waals surface area (Å²) in [5.41, 5.74) is 3.70. The van der Waals surface area contributed by atoms with Crippen molar-refractivity contribution >= 4 is 22.3 Å². The molecular weight excluding hydrogens is 348 g/mol. The highest BCUT2D eigenvalue weighted by molar-refractivity contribution is 7.17. The average Bonchev–Trinajstić information content (AvgIpc) is 3.15. The van der Waals surface area contributed by atoms with E-state index in [1.807, 2.05) is 38.1 Å². The van der Waals surface area contributed by atoms with Crippen molar-refractivity contribution in [1.29, 1.82) is 0 Å². The SMILES string of the molecule is C=C(C)COc1ccc(-c2c(CC)sc3nc(CC)c(C(=O)O)n23)cc1. The Morgan fingerprint density at radius 1 is 1.27 bits per heavy atom. The number of carboxylic acids is 1. The number of aryl methyl sites for hydroxylation is 2. The molecule has 0 bridgehead atoms. The molecule has 0 aliphatic heterocycles. The van der Waals surface area contributed by atoms with Crippen LogP contribution in [-0.4, -0.2) is 27.1 Å². The number of rotatable bonds is 7. The van der Waals surface area contributed by atoms with Crippen LogP contribution in [0.15, 0.2) is 36.4 Å². The molecule has 26 heavy (non-hydrogen) atoms. The van der Waals surface area contributed by atoms with Gasteiger partial charge in [-0.1, -0.05) is 20.4 Å². The van der Waals surface area contributed by atoms with E-state index in [2.05, 4.69) is 18.5 Å². The summed E-state index contributed by atoms with van der Waals surface area (Å²) >= 11 is 1.55. The average molecular weight is 370 g/mol. The minimum Gasteiger partial charge on any atom is -0.489 e. The maximum atomic E-state index is 11.9. The minimum absolute atomic E-state index is 0.260. The van der Waals surface area contributed by atoms with E-state index in [0.29, 0.717) is 18.7 Å². The highest BCUT2D eigenvalue weighted by atomic mass is 32.1. The Labute approximate surface area is 156 Å². The molecule has 2 aromatic heterocycles. The van der Waals surface area contributed by atoms with E-state index in [9.17, 15) is 9.90 Å². The van der Waals surface area contributed by atoms with Crippen LogP contribution in [0, 0.1) is 0 Å². The van der Waals surface area contributed by atoms with Crippen LogP contribution in [-0.2, 0) is 12.8 Å². The third-order valence-electron chi connectivity index (χ3n) is 4.09. The number of aromatic carboxylic acids is 1. The molecule has 0 fully saturated rings. The summed E-state index contributed by atoms with van der Waals surface area (Å²) < 4.78 is 7.44. The number of carbonyl (C=O) groups is 1. The van der Waals surface area contributed by atoms with E-state index in [0.717, 1.165) is 38.8 Å². The zero-order chi connectivity index (χ0) is 18.8. The van der Waals surface area contributed by atoms with E-state index in [-0.39, 0.29) is 5.69 Å². The van der Waals surface area contributed by atoms with Gasteiger partial charge in [0.15, 0.2) is 10.7 Å². The summed E-state index contributed by atoms with van der Waals surface area (Å²) in [6.45, 7) is 10.2. The van der Waals surface area contributed by atoms with E-state index in [1.54, 1.807) is 15.7 Å². The first-order chi connectivity index (χ1) is 12.5. The molecule has 0 spiro atoms. The number of hydrogen-bond donors (Lipinski definition) is 1. The Hall–Kier alpha value is -2.60. The van der Waals surface area contributed by atoms with Gasteiger partial charge in [-0.05, 0) is 55.2 Å². The predicted molar refractivity (Wildman–Crippen MR) is 105 cm³/mol. The molecule has 6 heteroatoms. The number of aromatic nitrogens is 2. The maximum absolute atomic E-state index is 11.9. The second-order valence-electron chi connectivity index (χ2n) is 6.18. The summed E-state index contributed by atoms with van der Waals surface area (Å²) in [5.74, 6) is -0.183. The van der Waals surface area contributed by atoms with E-state index >= 15 is 0 Å². The topological polar surface area (TPSA) is 63.8 Å². The zero-order valence-corrected chi connectivity index (χ0v) is 16.0. The monoisotopic (exact) mass is 370 g/mol. The van der Waals surface area contributed by atoms with Crippen LogP contribution in [0.25, 0.3) is 16.2 Å². The van der Waals surface area contributed by atoms with Crippen LogP contribution < -0.4 is 4.74 Å². The van der Waals surface area contributed by atoms with E-state index in [1.165, 1.54) is 0 Å². The molecule has 0 amide bonds. The van der Waals surface area contributed by atoms with Gasteiger partial charge in [0, 0.05) is 4.88 Å². The molecule has 0 saturated heterocycles. The van der Waals surface area contributed by atoms with Gasteiger partial charge in [-0.25, -0.2) is 9.78 Å². The first-order valence-electron chi connectivity index (χ1n) is 8.60. The van der Waals surface area contributed by atoms with Gasteiger partial charge in [-0.15, -0.1) is 11.3 Å². The Kier molecular flexibility index (Phi) is 5.13.